The van der Waals surface area contributed by atoms with E-state index in [-0.39, 0.29) is 17.9 Å². The van der Waals surface area contributed by atoms with Crippen molar-refractivity contribution in [2.45, 2.75) is 12.8 Å². The molecule has 0 saturated heterocycles. The zero-order valence-corrected chi connectivity index (χ0v) is 8.80. The van der Waals surface area contributed by atoms with E-state index in [4.69, 9.17) is 5.73 Å². The van der Waals surface area contributed by atoms with Crippen LogP contribution >= 0.6 is 0 Å². The van der Waals surface area contributed by atoms with E-state index < -0.39 is 11.6 Å². The predicted octanol–water partition coefficient (Wildman–Crippen LogP) is 0.972. The van der Waals surface area contributed by atoms with E-state index in [1.165, 1.54) is 0 Å². The van der Waals surface area contributed by atoms with Crippen LogP contribution in [0.4, 0.5) is 8.78 Å². The minimum Gasteiger partial charge on any atom is -0.356 e. The molecule has 3 N–H and O–H groups in total. The first-order chi connectivity index (χ1) is 7.63. The van der Waals surface area contributed by atoms with Gasteiger partial charge < -0.3 is 11.1 Å². The van der Waals surface area contributed by atoms with Gasteiger partial charge in [-0.25, -0.2) is 8.78 Å². The van der Waals surface area contributed by atoms with Crippen LogP contribution in [0.3, 0.4) is 0 Å². The highest BCUT2D eigenvalue weighted by atomic mass is 19.1. The van der Waals surface area contributed by atoms with Gasteiger partial charge in [-0.2, -0.15) is 0 Å². The smallest absolute Gasteiger partial charge is 0.224 e. The number of halogens is 2. The Bertz CT molecular complexity index is 369. The molecule has 0 spiro atoms. The zero-order chi connectivity index (χ0) is 12.0. The first-order valence-electron chi connectivity index (χ1n) is 5.04. The molecule has 5 heteroatoms. The topological polar surface area (TPSA) is 55.1 Å². The van der Waals surface area contributed by atoms with E-state index >= 15 is 0 Å². The molecule has 88 valence electrons. The SMILES string of the molecule is NCCCNC(=O)Cc1cc(F)ccc1F. The molecular weight excluding hydrogens is 214 g/mol. The molecule has 0 fully saturated rings. The maximum atomic E-state index is 13.2. The van der Waals surface area contributed by atoms with Gasteiger partial charge in [0.15, 0.2) is 0 Å². The standard InChI is InChI=1S/C11H14F2N2O/c12-9-2-3-10(13)8(6-9)7-11(16)15-5-1-4-14/h2-3,6H,1,4-5,7,14H2,(H,15,16). The molecule has 1 amide bonds. The molecule has 0 unspecified atom stereocenters. The largest absolute Gasteiger partial charge is 0.356 e. The van der Waals surface area contributed by atoms with Gasteiger partial charge in [0.1, 0.15) is 11.6 Å². The lowest BCUT2D eigenvalue weighted by Gasteiger charge is -2.05. The quantitative estimate of drug-likeness (QED) is 0.738. The summed E-state index contributed by atoms with van der Waals surface area (Å²) in [7, 11) is 0. The zero-order valence-electron chi connectivity index (χ0n) is 8.80. The minimum absolute atomic E-state index is 0.0604. The monoisotopic (exact) mass is 228 g/mol. The fourth-order valence-corrected chi connectivity index (χ4v) is 1.24. The highest BCUT2D eigenvalue weighted by molar-refractivity contribution is 5.78. The number of nitrogens with one attached hydrogen (secondary N) is 1. The van der Waals surface area contributed by atoms with Crippen LogP contribution in [0.15, 0.2) is 18.2 Å². The Morgan fingerprint density at radius 3 is 2.81 bits per heavy atom. The summed E-state index contributed by atoms with van der Waals surface area (Å²) in [6, 6.07) is 3.06. The van der Waals surface area contributed by atoms with Crippen molar-refractivity contribution in [2.24, 2.45) is 5.73 Å². The lowest BCUT2D eigenvalue weighted by atomic mass is 10.1. The highest BCUT2D eigenvalue weighted by Crippen LogP contribution is 2.10. The maximum absolute atomic E-state index is 13.2. The van der Waals surface area contributed by atoms with Crippen LogP contribution in [-0.4, -0.2) is 19.0 Å². The molecule has 0 bridgehead atoms. The van der Waals surface area contributed by atoms with Gasteiger partial charge in [0.25, 0.3) is 0 Å². The Morgan fingerprint density at radius 2 is 2.12 bits per heavy atom. The van der Waals surface area contributed by atoms with Crippen LogP contribution in [0.25, 0.3) is 0 Å². The van der Waals surface area contributed by atoms with E-state index in [9.17, 15) is 13.6 Å². The third-order valence-corrected chi connectivity index (χ3v) is 2.06. The average Bonchev–Trinajstić information content (AvgIpc) is 2.24. The molecule has 1 aromatic rings. The van der Waals surface area contributed by atoms with Gasteiger partial charge in [-0.1, -0.05) is 0 Å². The van der Waals surface area contributed by atoms with Crippen molar-refractivity contribution in [1.82, 2.24) is 5.32 Å². The molecule has 0 aliphatic rings. The first kappa shape index (κ1) is 12.6. The fourth-order valence-electron chi connectivity index (χ4n) is 1.24. The summed E-state index contributed by atoms with van der Waals surface area (Å²) in [5.41, 5.74) is 5.31. The summed E-state index contributed by atoms with van der Waals surface area (Å²) in [5, 5.41) is 2.57. The second-order valence-corrected chi connectivity index (χ2v) is 3.40. The van der Waals surface area contributed by atoms with Gasteiger partial charge in [-0.3, -0.25) is 4.79 Å². The molecule has 16 heavy (non-hydrogen) atoms. The van der Waals surface area contributed by atoms with Gasteiger partial charge >= 0.3 is 0 Å². The van der Waals surface area contributed by atoms with Crippen molar-refractivity contribution in [3.05, 3.63) is 35.4 Å². The number of benzene rings is 1. The molecule has 3 nitrogen and oxygen atoms in total. The number of amides is 1. The van der Waals surface area contributed by atoms with Gasteiger partial charge in [0, 0.05) is 12.1 Å². The molecule has 0 aliphatic carbocycles. The average molecular weight is 228 g/mol. The highest BCUT2D eigenvalue weighted by Gasteiger charge is 2.08. The van der Waals surface area contributed by atoms with Crippen molar-refractivity contribution in [3.63, 3.8) is 0 Å². The molecule has 0 aliphatic heterocycles. The molecule has 0 radical (unpaired) electrons. The van der Waals surface area contributed by atoms with Crippen LogP contribution in [0, 0.1) is 11.6 Å². The Balaban J connectivity index is 2.52. The van der Waals surface area contributed by atoms with Gasteiger partial charge in [0.05, 0.1) is 6.42 Å². The van der Waals surface area contributed by atoms with Gasteiger partial charge in [-0.05, 0) is 31.2 Å². The minimum atomic E-state index is -0.574. The number of carbonyl (C=O) groups excluding carboxylic acids is 1. The lowest BCUT2D eigenvalue weighted by molar-refractivity contribution is -0.120. The lowest BCUT2D eigenvalue weighted by Crippen LogP contribution is -2.27. The van der Waals surface area contributed by atoms with Crippen LogP contribution in [0.1, 0.15) is 12.0 Å². The Kier molecular flexibility index (Phi) is 4.85. The normalized spacial score (nSPS) is 10.2. The number of rotatable bonds is 5. The number of carbonyl (C=O) groups is 1. The summed E-state index contributed by atoms with van der Waals surface area (Å²) in [6.45, 7) is 0.931. The molecular formula is C11H14F2N2O. The summed E-state index contributed by atoms with van der Waals surface area (Å²) in [5.74, 6) is -1.46. The summed E-state index contributed by atoms with van der Waals surface area (Å²) < 4.78 is 25.9. The van der Waals surface area contributed by atoms with E-state index in [0.29, 0.717) is 19.5 Å². The second kappa shape index (κ2) is 6.17. The molecule has 0 atom stereocenters. The summed E-state index contributed by atoms with van der Waals surface area (Å²) in [6.07, 6.45) is 0.505. The number of hydrogen-bond acceptors (Lipinski definition) is 2. The van der Waals surface area contributed by atoms with Crippen LogP contribution in [0.2, 0.25) is 0 Å². The van der Waals surface area contributed by atoms with Crippen LogP contribution in [0.5, 0.6) is 0 Å². The van der Waals surface area contributed by atoms with Crippen molar-refractivity contribution in [3.8, 4) is 0 Å². The Labute approximate surface area is 92.6 Å². The molecule has 1 aromatic carbocycles. The van der Waals surface area contributed by atoms with Crippen molar-refractivity contribution in [1.29, 1.82) is 0 Å². The van der Waals surface area contributed by atoms with E-state index in [0.717, 1.165) is 18.2 Å². The van der Waals surface area contributed by atoms with Crippen LogP contribution < -0.4 is 11.1 Å². The van der Waals surface area contributed by atoms with Crippen molar-refractivity contribution < 1.29 is 13.6 Å². The molecule has 1 rings (SSSR count). The summed E-state index contributed by atoms with van der Waals surface area (Å²) in [4.78, 5) is 11.3. The van der Waals surface area contributed by atoms with Gasteiger partial charge in [0.2, 0.25) is 5.91 Å². The van der Waals surface area contributed by atoms with E-state index in [2.05, 4.69) is 5.32 Å². The molecule has 0 aromatic heterocycles. The number of hydrogen-bond donors (Lipinski definition) is 2. The third kappa shape index (κ3) is 3.94. The summed E-state index contributed by atoms with van der Waals surface area (Å²) >= 11 is 0. The van der Waals surface area contributed by atoms with Crippen molar-refractivity contribution >= 4 is 5.91 Å². The Hall–Kier alpha value is -1.49. The van der Waals surface area contributed by atoms with Crippen LogP contribution in [-0.2, 0) is 11.2 Å². The number of nitrogens with two attached hydrogens (primary N) is 1. The fraction of sp³-hybridized carbons (Fsp3) is 0.364. The second-order valence-electron chi connectivity index (χ2n) is 3.40. The molecule has 0 saturated carbocycles. The van der Waals surface area contributed by atoms with E-state index in [1.54, 1.807) is 0 Å². The van der Waals surface area contributed by atoms with E-state index in [1.807, 2.05) is 0 Å². The van der Waals surface area contributed by atoms with Crippen molar-refractivity contribution in [2.75, 3.05) is 13.1 Å². The third-order valence-electron chi connectivity index (χ3n) is 2.06. The van der Waals surface area contributed by atoms with Gasteiger partial charge in [-0.15, -0.1) is 0 Å². The maximum Gasteiger partial charge on any atom is 0.224 e. The Morgan fingerprint density at radius 1 is 1.38 bits per heavy atom. The predicted molar refractivity (Wildman–Crippen MR) is 56.7 cm³/mol. The first-order valence-corrected chi connectivity index (χ1v) is 5.04. The molecule has 0 heterocycles.